The van der Waals surface area contributed by atoms with E-state index in [2.05, 4.69) is 58.5 Å². The molecule has 0 atom stereocenters. The standard InChI is InChI=1S/C20H20N2.C9H12O6/c1-2-18(6-8-20-11-15-22-16-12-20)4-3-17(1)5-7-19-9-13-21-14-10-19;10-7(11)4-1-5(8(12)13)3-6(2-4)9(14)15/h1-4,9-16H,5-8H2;4-6H,1-3H2,(H,10,11)(H,12,13)(H,14,15). The van der Waals surface area contributed by atoms with E-state index in [1.807, 2.05) is 24.8 Å². The van der Waals surface area contributed by atoms with E-state index in [1.54, 1.807) is 0 Å². The quantitative estimate of drug-likeness (QED) is 0.392. The van der Waals surface area contributed by atoms with E-state index in [4.69, 9.17) is 15.3 Å². The maximum atomic E-state index is 10.7. The molecule has 3 aromatic rings. The van der Waals surface area contributed by atoms with Gasteiger partial charge in [-0.1, -0.05) is 24.3 Å². The first-order chi connectivity index (χ1) is 17.8. The van der Waals surface area contributed by atoms with Gasteiger partial charge in [0.15, 0.2) is 0 Å². The van der Waals surface area contributed by atoms with Gasteiger partial charge in [-0.25, -0.2) is 0 Å². The van der Waals surface area contributed by atoms with E-state index in [0.29, 0.717) is 0 Å². The zero-order valence-corrected chi connectivity index (χ0v) is 20.6. The van der Waals surface area contributed by atoms with Crippen molar-refractivity contribution in [3.05, 3.63) is 95.6 Å². The molecule has 1 fully saturated rings. The van der Waals surface area contributed by atoms with Gasteiger partial charge in [0.1, 0.15) is 0 Å². The first kappa shape index (κ1) is 27.5. The molecular formula is C29H32N2O6. The number of carbonyl (C=O) groups is 3. The lowest BCUT2D eigenvalue weighted by molar-refractivity contribution is -0.153. The predicted molar refractivity (Wildman–Crippen MR) is 137 cm³/mol. The summed E-state index contributed by atoms with van der Waals surface area (Å²) in [6.07, 6.45) is 11.8. The van der Waals surface area contributed by atoms with Crippen LogP contribution in [0.5, 0.6) is 0 Å². The monoisotopic (exact) mass is 504 g/mol. The molecular weight excluding hydrogens is 472 g/mol. The molecule has 4 rings (SSSR count). The molecule has 1 aromatic carbocycles. The first-order valence-electron chi connectivity index (χ1n) is 12.4. The number of carboxylic acids is 3. The summed E-state index contributed by atoms with van der Waals surface area (Å²) < 4.78 is 0. The highest BCUT2D eigenvalue weighted by molar-refractivity contribution is 5.78. The van der Waals surface area contributed by atoms with Crippen molar-refractivity contribution in [3.8, 4) is 0 Å². The molecule has 0 radical (unpaired) electrons. The highest BCUT2D eigenvalue weighted by Gasteiger charge is 2.39. The van der Waals surface area contributed by atoms with Crippen LogP contribution in [0.25, 0.3) is 0 Å². The fraction of sp³-hybridized carbons (Fsp3) is 0.345. The number of aliphatic carboxylic acids is 3. The van der Waals surface area contributed by atoms with Crippen LogP contribution in [0.4, 0.5) is 0 Å². The van der Waals surface area contributed by atoms with Crippen LogP contribution in [0.2, 0.25) is 0 Å². The molecule has 0 saturated heterocycles. The molecule has 0 spiro atoms. The summed E-state index contributed by atoms with van der Waals surface area (Å²) in [6, 6.07) is 17.4. The Bertz CT molecular complexity index is 1040. The molecule has 8 heteroatoms. The maximum absolute atomic E-state index is 10.7. The van der Waals surface area contributed by atoms with E-state index < -0.39 is 35.7 Å². The highest BCUT2D eigenvalue weighted by atomic mass is 16.4. The Kier molecular flexibility index (Phi) is 10.3. The molecule has 0 aliphatic heterocycles. The lowest BCUT2D eigenvalue weighted by Crippen LogP contribution is -2.34. The van der Waals surface area contributed by atoms with Gasteiger partial charge in [0.2, 0.25) is 0 Å². The van der Waals surface area contributed by atoms with Gasteiger partial charge in [0.25, 0.3) is 0 Å². The Morgan fingerprint density at radius 2 is 0.757 bits per heavy atom. The van der Waals surface area contributed by atoms with E-state index >= 15 is 0 Å². The fourth-order valence-corrected chi connectivity index (χ4v) is 4.47. The second-order valence-electron chi connectivity index (χ2n) is 9.34. The molecule has 0 unspecified atom stereocenters. The summed E-state index contributed by atoms with van der Waals surface area (Å²) in [5, 5.41) is 26.3. The first-order valence-corrected chi connectivity index (χ1v) is 12.4. The van der Waals surface area contributed by atoms with Gasteiger partial charge in [0, 0.05) is 24.8 Å². The number of hydrogen-bond acceptors (Lipinski definition) is 5. The zero-order chi connectivity index (χ0) is 26.6. The Morgan fingerprint density at radius 3 is 1.00 bits per heavy atom. The third-order valence-electron chi connectivity index (χ3n) is 6.68. The van der Waals surface area contributed by atoms with Gasteiger partial charge in [-0.15, -0.1) is 0 Å². The average Bonchev–Trinajstić information content (AvgIpc) is 2.92. The average molecular weight is 505 g/mol. The Labute approximate surface area is 216 Å². The van der Waals surface area contributed by atoms with E-state index in [-0.39, 0.29) is 19.3 Å². The smallest absolute Gasteiger partial charge is 0.306 e. The third kappa shape index (κ3) is 9.14. The van der Waals surface area contributed by atoms with Crippen molar-refractivity contribution in [1.82, 2.24) is 9.97 Å². The van der Waals surface area contributed by atoms with Crippen molar-refractivity contribution in [3.63, 3.8) is 0 Å². The number of nitrogens with zero attached hydrogens (tertiary/aromatic N) is 2. The van der Waals surface area contributed by atoms with Gasteiger partial charge < -0.3 is 15.3 Å². The van der Waals surface area contributed by atoms with Gasteiger partial charge in [-0.05, 0) is 91.5 Å². The Hall–Kier alpha value is -4.07. The van der Waals surface area contributed by atoms with Crippen LogP contribution < -0.4 is 0 Å². The molecule has 2 aromatic heterocycles. The number of benzene rings is 1. The summed E-state index contributed by atoms with van der Waals surface area (Å²) in [5.41, 5.74) is 5.47. The summed E-state index contributed by atoms with van der Waals surface area (Å²) in [4.78, 5) is 40.2. The zero-order valence-electron chi connectivity index (χ0n) is 20.6. The molecule has 37 heavy (non-hydrogen) atoms. The summed E-state index contributed by atoms with van der Waals surface area (Å²) in [5.74, 6) is -5.94. The molecule has 1 aliphatic rings. The van der Waals surface area contributed by atoms with Crippen LogP contribution >= 0.6 is 0 Å². The summed E-state index contributed by atoms with van der Waals surface area (Å²) in [7, 11) is 0. The lowest BCUT2D eigenvalue weighted by atomic mass is 9.75. The van der Waals surface area contributed by atoms with Crippen LogP contribution in [0.3, 0.4) is 0 Å². The van der Waals surface area contributed by atoms with Gasteiger partial charge in [-0.2, -0.15) is 0 Å². The van der Waals surface area contributed by atoms with E-state index in [1.165, 1.54) is 22.3 Å². The van der Waals surface area contributed by atoms with Gasteiger partial charge in [0.05, 0.1) is 17.8 Å². The van der Waals surface area contributed by atoms with Crippen molar-refractivity contribution in [1.29, 1.82) is 0 Å². The van der Waals surface area contributed by atoms with Crippen molar-refractivity contribution < 1.29 is 29.7 Å². The third-order valence-corrected chi connectivity index (χ3v) is 6.68. The maximum Gasteiger partial charge on any atom is 0.306 e. The SMILES string of the molecule is O=C(O)C1CC(C(=O)O)CC(C(=O)O)C1.c1cc(CCc2ccc(CCc3ccncc3)cc2)ccn1. The van der Waals surface area contributed by atoms with Crippen molar-refractivity contribution in [2.75, 3.05) is 0 Å². The number of aromatic nitrogens is 2. The topological polar surface area (TPSA) is 138 Å². The van der Waals surface area contributed by atoms with Gasteiger partial charge >= 0.3 is 17.9 Å². The normalized spacial score (nSPS) is 18.8. The number of rotatable bonds is 9. The van der Waals surface area contributed by atoms with Crippen molar-refractivity contribution in [2.45, 2.75) is 44.9 Å². The second kappa shape index (κ2) is 13.9. The number of carboxylic acid groups (broad SMARTS) is 3. The lowest BCUT2D eigenvalue weighted by Gasteiger charge is -2.28. The Balaban J connectivity index is 0.000000222. The molecule has 0 amide bonds. The summed E-state index contributed by atoms with van der Waals surface area (Å²) in [6.45, 7) is 0. The van der Waals surface area contributed by atoms with Gasteiger partial charge in [-0.3, -0.25) is 24.4 Å². The second-order valence-corrected chi connectivity index (χ2v) is 9.34. The predicted octanol–water partition coefficient (Wildman–Crippen LogP) is 4.32. The molecule has 0 bridgehead atoms. The fourth-order valence-electron chi connectivity index (χ4n) is 4.47. The van der Waals surface area contributed by atoms with E-state index in [9.17, 15) is 14.4 Å². The molecule has 1 saturated carbocycles. The Morgan fingerprint density at radius 1 is 0.514 bits per heavy atom. The largest absolute Gasteiger partial charge is 0.481 e. The molecule has 194 valence electrons. The summed E-state index contributed by atoms with van der Waals surface area (Å²) >= 11 is 0. The minimum Gasteiger partial charge on any atom is -0.481 e. The van der Waals surface area contributed by atoms with Crippen LogP contribution in [-0.2, 0) is 40.1 Å². The van der Waals surface area contributed by atoms with E-state index in [0.717, 1.165) is 25.7 Å². The molecule has 3 N–H and O–H groups in total. The number of aryl methyl sites for hydroxylation is 4. The van der Waals surface area contributed by atoms with Crippen LogP contribution in [0.1, 0.15) is 41.5 Å². The highest BCUT2D eigenvalue weighted by Crippen LogP contribution is 2.34. The molecule has 1 aliphatic carbocycles. The minimum atomic E-state index is -1.12. The number of pyridine rings is 2. The van der Waals surface area contributed by atoms with Crippen LogP contribution in [-0.4, -0.2) is 43.2 Å². The van der Waals surface area contributed by atoms with Crippen molar-refractivity contribution in [2.24, 2.45) is 17.8 Å². The number of hydrogen-bond donors (Lipinski definition) is 3. The minimum absolute atomic E-state index is 0.0223. The van der Waals surface area contributed by atoms with Crippen LogP contribution in [0.15, 0.2) is 73.3 Å². The molecule has 8 nitrogen and oxygen atoms in total. The molecule has 2 heterocycles. The van der Waals surface area contributed by atoms with Crippen LogP contribution in [0, 0.1) is 17.8 Å². The van der Waals surface area contributed by atoms with Crippen molar-refractivity contribution >= 4 is 17.9 Å².